The Morgan fingerprint density at radius 3 is 2.65 bits per heavy atom. The van der Waals surface area contributed by atoms with Gasteiger partial charge in [-0.1, -0.05) is 0 Å². The zero-order valence-corrected chi connectivity index (χ0v) is 23.9. The number of aryl methyl sites for hydroxylation is 1. The van der Waals surface area contributed by atoms with Crippen molar-refractivity contribution in [2.75, 3.05) is 11.9 Å². The monoisotopic (exact) mass is 579 g/mol. The first kappa shape index (κ1) is 27.1. The molecular weight excluding hydrogens is 546 g/mol. The van der Waals surface area contributed by atoms with Crippen LogP contribution in [0.5, 0.6) is 0 Å². The molecule has 1 atom stereocenters. The van der Waals surface area contributed by atoms with Gasteiger partial charge in [0.2, 0.25) is 11.8 Å². The summed E-state index contributed by atoms with van der Waals surface area (Å²) in [5.41, 5.74) is 11.6. The van der Waals surface area contributed by atoms with E-state index in [9.17, 15) is 19.2 Å². The van der Waals surface area contributed by atoms with E-state index in [1.54, 1.807) is 18.2 Å². The molecular formula is C32H33N7O4. The zero-order valence-electron chi connectivity index (χ0n) is 23.9. The van der Waals surface area contributed by atoms with E-state index in [0.29, 0.717) is 18.4 Å². The number of benzene rings is 1. The van der Waals surface area contributed by atoms with E-state index in [1.165, 1.54) is 0 Å². The molecule has 11 nitrogen and oxygen atoms in total. The van der Waals surface area contributed by atoms with Crippen molar-refractivity contribution < 1.29 is 19.2 Å². The van der Waals surface area contributed by atoms with E-state index < -0.39 is 29.7 Å². The highest BCUT2D eigenvalue weighted by molar-refractivity contribution is 6.23. The standard InChI is InChI=1S/C32H33N7O4/c1-38-9-8-19-15-36-25(13-27(19)38)24(29(33)18-2-3-18)16-35-21-10-17(11-21)14-34-20-4-5-22-23(12-20)32(43)39(31(22)42)26-6-7-28(40)37-30(26)41/h4-5,8-9,12-13,15-18,21,26,34H,2-3,6-7,10-11,14,33H2,1H3,(H,37,40,41). The summed E-state index contributed by atoms with van der Waals surface area (Å²) in [6, 6.07) is 8.43. The number of carbonyl (C=O) groups is 4. The van der Waals surface area contributed by atoms with Gasteiger partial charge in [0.25, 0.3) is 11.8 Å². The summed E-state index contributed by atoms with van der Waals surface area (Å²) in [6.07, 6.45) is 10.1. The van der Waals surface area contributed by atoms with Gasteiger partial charge >= 0.3 is 0 Å². The van der Waals surface area contributed by atoms with Crippen LogP contribution in [0.1, 0.15) is 64.9 Å². The molecule has 220 valence electrons. The van der Waals surface area contributed by atoms with Crippen molar-refractivity contribution in [2.24, 2.45) is 29.6 Å². The van der Waals surface area contributed by atoms with E-state index in [1.807, 2.05) is 31.7 Å². The lowest BCUT2D eigenvalue weighted by atomic mass is 9.80. The molecule has 1 saturated heterocycles. The molecule has 2 aromatic heterocycles. The minimum Gasteiger partial charge on any atom is -0.401 e. The molecule has 4 N–H and O–H groups in total. The first-order chi connectivity index (χ1) is 20.8. The number of rotatable bonds is 8. The minimum atomic E-state index is -0.971. The number of allylic oxidation sites excluding steroid dienone is 2. The third-order valence-corrected chi connectivity index (χ3v) is 9.03. The van der Waals surface area contributed by atoms with Crippen molar-refractivity contribution >= 4 is 52.0 Å². The normalized spacial score (nSPS) is 24.3. The van der Waals surface area contributed by atoms with Gasteiger partial charge in [-0.25, -0.2) is 0 Å². The third kappa shape index (κ3) is 4.98. The van der Waals surface area contributed by atoms with Crippen molar-refractivity contribution in [3.63, 3.8) is 0 Å². The number of piperidine rings is 1. The quantitative estimate of drug-likeness (QED) is 0.274. The molecule has 4 aliphatic rings. The van der Waals surface area contributed by atoms with Crippen molar-refractivity contribution in [1.29, 1.82) is 0 Å². The van der Waals surface area contributed by atoms with Gasteiger partial charge < -0.3 is 15.6 Å². The first-order valence-electron chi connectivity index (χ1n) is 14.8. The van der Waals surface area contributed by atoms with Gasteiger partial charge in [0.05, 0.1) is 28.4 Å². The second-order valence-corrected chi connectivity index (χ2v) is 12.1. The molecule has 0 spiro atoms. The summed E-state index contributed by atoms with van der Waals surface area (Å²) in [5.74, 6) is -1.20. The van der Waals surface area contributed by atoms with Crippen molar-refractivity contribution in [2.45, 2.75) is 50.6 Å². The molecule has 11 heteroatoms. The molecule has 1 aromatic carbocycles. The Hall–Kier alpha value is -4.80. The summed E-state index contributed by atoms with van der Waals surface area (Å²) in [5, 5.41) is 6.70. The number of carbonyl (C=O) groups excluding carboxylic acids is 4. The largest absolute Gasteiger partial charge is 0.401 e. The second-order valence-electron chi connectivity index (χ2n) is 12.1. The number of pyridine rings is 1. The van der Waals surface area contributed by atoms with Gasteiger partial charge in [0.1, 0.15) is 6.04 Å². The smallest absolute Gasteiger partial charge is 0.262 e. The van der Waals surface area contributed by atoms with Crippen molar-refractivity contribution in [3.8, 4) is 0 Å². The van der Waals surface area contributed by atoms with Crippen LogP contribution in [0.4, 0.5) is 5.69 Å². The van der Waals surface area contributed by atoms with Crippen molar-refractivity contribution in [3.05, 3.63) is 65.2 Å². The Labute approximate surface area is 248 Å². The first-order valence-corrected chi connectivity index (χ1v) is 14.8. The number of nitrogens with two attached hydrogens (primary N) is 1. The Kier molecular flexibility index (Phi) is 6.60. The van der Waals surface area contributed by atoms with Crippen LogP contribution in [0.25, 0.3) is 16.5 Å². The van der Waals surface area contributed by atoms with Crippen LogP contribution >= 0.6 is 0 Å². The maximum Gasteiger partial charge on any atom is 0.262 e. The molecule has 2 aliphatic heterocycles. The molecule has 43 heavy (non-hydrogen) atoms. The molecule has 0 bridgehead atoms. The van der Waals surface area contributed by atoms with E-state index in [4.69, 9.17) is 15.7 Å². The third-order valence-electron chi connectivity index (χ3n) is 9.03. The SMILES string of the molecule is Cn1ccc2cnc(C(C=NC3CC(CNc4ccc5c(c4)C(=O)N(C4CCC(=O)NC4=O)C5=O)C3)=C(N)C3CC3)cc21. The number of aromatic nitrogens is 2. The molecule has 4 heterocycles. The number of anilines is 1. The Balaban J connectivity index is 0.972. The molecule has 0 radical (unpaired) electrons. The van der Waals surface area contributed by atoms with E-state index >= 15 is 0 Å². The van der Waals surface area contributed by atoms with Gasteiger partial charge in [-0.3, -0.25) is 39.4 Å². The summed E-state index contributed by atoms with van der Waals surface area (Å²) < 4.78 is 2.08. The van der Waals surface area contributed by atoms with Crippen LogP contribution in [0.15, 0.2) is 53.4 Å². The average Bonchev–Trinajstić information content (AvgIpc) is 3.72. The fourth-order valence-electron chi connectivity index (χ4n) is 6.22. The predicted molar refractivity (Wildman–Crippen MR) is 161 cm³/mol. The van der Waals surface area contributed by atoms with Crippen LogP contribution < -0.4 is 16.4 Å². The van der Waals surface area contributed by atoms with Gasteiger partial charge in [-0.15, -0.1) is 0 Å². The van der Waals surface area contributed by atoms with Gasteiger partial charge in [0.15, 0.2) is 0 Å². The molecule has 2 aliphatic carbocycles. The van der Waals surface area contributed by atoms with E-state index in [2.05, 4.69) is 21.3 Å². The fourth-order valence-corrected chi connectivity index (χ4v) is 6.22. The number of aliphatic imine (C=N–C) groups is 1. The summed E-state index contributed by atoms with van der Waals surface area (Å²) in [6.45, 7) is 0.711. The topological polar surface area (TPSA) is 152 Å². The lowest BCUT2D eigenvalue weighted by Crippen LogP contribution is -2.54. The molecule has 3 aromatic rings. The molecule has 1 unspecified atom stereocenters. The van der Waals surface area contributed by atoms with Crippen LogP contribution in [0.3, 0.4) is 0 Å². The summed E-state index contributed by atoms with van der Waals surface area (Å²) >= 11 is 0. The highest BCUT2D eigenvalue weighted by Gasteiger charge is 2.44. The van der Waals surface area contributed by atoms with Gasteiger partial charge in [-0.2, -0.15) is 0 Å². The fraction of sp³-hybridized carbons (Fsp3) is 0.375. The van der Waals surface area contributed by atoms with Gasteiger partial charge in [-0.05, 0) is 74.3 Å². The Bertz CT molecular complexity index is 1750. The van der Waals surface area contributed by atoms with Crippen LogP contribution in [-0.4, -0.2) is 62.9 Å². The molecule has 7 rings (SSSR count). The number of hydrogen-bond acceptors (Lipinski definition) is 8. The molecule has 4 amide bonds. The average molecular weight is 580 g/mol. The Morgan fingerprint density at radius 2 is 1.88 bits per heavy atom. The Morgan fingerprint density at radius 1 is 1.09 bits per heavy atom. The lowest BCUT2D eigenvalue weighted by molar-refractivity contribution is -0.136. The number of fused-ring (bicyclic) bond motifs is 2. The maximum atomic E-state index is 13.1. The number of hydrogen-bond donors (Lipinski definition) is 3. The zero-order chi connectivity index (χ0) is 29.8. The number of nitrogens with zero attached hydrogens (tertiary/aromatic N) is 4. The summed E-state index contributed by atoms with van der Waals surface area (Å²) in [4.78, 5) is 60.4. The predicted octanol–water partition coefficient (Wildman–Crippen LogP) is 3.02. The number of imide groups is 2. The highest BCUT2D eigenvalue weighted by atomic mass is 16.2. The number of nitrogens with one attached hydrogen (secondary N) is 2. The highest BCUT2D eigenvalue weighted by Crippen LogP contribution is 2.38. The van der Waals surface area contributed by atoms with E-state index in [0.717, 1.165) is 64.1 Å². The second kappa shape index (κ2) is 10.5. The van der Waals surface area contributed by atoms with E-state index in [-0.39, 0.29) is 30.0 Å². The molecule has 2 saturated carbocycles. The van der Waals surface area contributed by atoms with Crippen molar-refractivity contribution in [1.82, 2.24) is 19.8 Å². The lowest BCUT2D eigenvalue weighted by Gasteiger charge is -2.33. The van der Waals surface area contributed by atoms with Gasteiger partial charge in [0, 0.05) is 61.0 Å². The van der Waals surface area contributed by atoms with Crippen LogP contribution in [0.2, 0.25) is 0 Å². The maximum absolute atomic E-state index is 13.1. The number of amides is 4. The van der Waals surface area contributed by atoms with Crippen LogP contribution in [0, 0.1) is 11.8 Å². The minimum absolute atomic E-state index is 0.0920. The molecule has 3 fully saturated rings. The summed E-state index contributed by atoms with van der Waals surface area (Å²) in [7, 11) is 2.02. The van der Waals surface area contributed by atoms with Crippen LogP contribution in [-0.2, 0) is 16.6 Å².